The molecule has 0 amide bonds. The third-order valence-corrected chi connectivity index (χ3v) is 4.12. The first-order valence-electron chi connectivity index (χ1n) is 4.68. The zero-order chi connectivity index (χ0) is 10.3. The molecule has 1 aliphatic rings. The number of benzene rings is 1. The van der Waals surface area contributed by atoms with Crippen molar-refractivity contribution in [1.29, 1.82) is 0 Å². The van der Waals surface area contributed by atoms with Crippen LogP contribution in [0.5, 0.6) is 0 Å². The van der Waals surface area contributed by atoms with Crippen LogP contribution in [0.2, 0.25) is 10.0 Å². The Kier molecular flexibility index (Phi) is 2.97. The highest BCUT2D eigenvalue weighted by atomic mass is 35.5. The Morgan fingerprint density at radius 3 is 2.43 bits per heavy atom. The summed E-state index contributed by atoms with van der Waals surface area (Å²) in [6, 6.07) is 5.63. The summed E-state index contributed by atoms with van der Waals surface area (Å²) in [5, 5.41) is 1.26. The monoisotopic (exact) mass is 248 g/mol. The second-order valence-electron chi connectivity index (χ2n) is 3.95. The van der Waals surface area contributed by atoms with E-state index in [1.54, 1.807) is 0 Å². The number of halogens is 3. The molecular weight excluding hydrogens is 238 g/mol. The molecule has 2 rings (SSSR count). The van der Waals surface area contributed by atoms with Gasteiger partial charge in [-0.3, -0.25) is 0 Å². The first kappa shape index (κ1) is 10.6. The van der Waals surface area contributed by atoms with Crippen LogP contribution in [0, 0.1) is 11.8 Å². The van der Waals surface area contributed by atoms with Gasteiger partial charge in [0, 0.05) is 0 Å². The van der Waals surface area contributed by atoms with Gasteiger partial charge in [0.05, 0.1) is 15.4 Å². The normalized spacial score (nSPS) is 27.4. The Bertz CT molecular complexity index is 348. The molecule has 0 nitrogen and oxygen atoms in total. The minimum atomic E-state index is 0.0831. The van der Waals surface area contributed by atoms with E-state index in [1.165, 1.54) is 6.42 Å². The summed E-state index contributed by atoms with van der Waals surface area (Å²) in [5.74, 6) is 1.35. The van der Waals surface area contributed by atoms with Crippen molar-refractivity contribution in [2.24, 2.45) is 11.8 Å². The maximum absolute atomic E-state index is 6.32. The summed E-state index contributed by atoms with van der Waals surface area (Å²) in [4.78, 5) is 0. The van der Waals surface area contributed by atoms with E-state index in [-0.39, 0.29) is 5.38 Å². The lowest BCUT2D eigenvalue weighted by Gasteiger charge is -2.09. The topological polar surface area (TPSA) is 0 Å². The van der Waals surface area contributed by atoms with Gasteiger partial charge in [-0.1, -0.05) is 36.2 Å². The second-order valence-corrected chi connectivity index (χ2v) is 5.24. The van der Waals surface area contributed by atoms with Gasteiger partial charge in [0.25, 0.3) is 0 Å². The van der Waals surface area contributed by atoms with Gasteiger partial charge in [0.15, 0.2) is 0 Å². The van der Waals surface area contributed by atoms with Crippen LogP contribution in [0.25, 0.3) is 0 Å². The molecule has 3 heteroatoms. The van der Waals surface area contributed by atoms with Crippen LogP contribution >= 0.6 is 34.8 Å². The van der Waals surface area contributed by atoms with E-state index in [0.29, 0.717) is 16.0 Å². The van der Waals surface area contributed by atoms with Gasteiger partial charge in [0.2, 0.25) is 0 Å². The molecule has 76 valence electrons. The van der Waals surface area contributed by atoms with Crippen LogP contribution in [-0.2, 0) is 0 Å². The molecule has 0 radical (unpaired) electrons. The molecule has 0 heterocycles. The molecule has 1 aliphatic carbocycles. The predicted octanol–water partition coefficient (Wildman–Crippen LogP) is 4.93. The standard InChI is InChI=1S/C11H11Cl3/c1-6-4-8(6)11(14)7-2-3-9(12)10(13)5-7/h2-3,5-6,8,11H,4H2,1H3. The Labute approximate surface area is 99.2 Å². The number of hydrogen-bond acceptors (Lipinski definition) is 0. The van der Waals surface area contributed by atoms with Gasteiger partial charge in [0.1, 0.15) is 0 Å². The van der Waals surface area contributed by atoms with Gasteiger partial charge < -0.3 is 0 Å². The first-order chi connectivity index (χ1) is 6.59. The Balaban J connectivity index is 2.20. The Morgan fingerprint density at radius 1 is 1.29 bits per heavy atom. The number of rotatable bonds is 2. The smallest absolute Gasteiger partial charge is 0.0616 e. The summed E-state index contributed by atoms with van der Waals surface area (Å²) in [6.45, 7) is 2.22. The van der Waals surface area contributed by atoms with E-state index in [4.69, 9.17) is 34.8 Å². The molecule has 0 aromatic heterocycles. The van der Waals surface area contributed by atoms with E-state index in [0.717, 1.165) is 11.5 Å². The molecule has 1 aromatic carbocycles. The molecule has 14 heavy (non-hydrogen) atoms. The highest BCUT2D eigenvalue weighted by Gasteiger charge is 2.39. The summed E-state index contributed by atoms with van der Waals surface area (Å²) >= 11 is 18.1. The molecule has 0 N–H and O–H groups in total. The van der Waals surface area contributed by atoms with Gasteiger partial charge >= 0.3 is 0 Å². The van der Waals surface area contributed by atoms with Crippen LogP contribution < -0.4 is 0 Å². The van der Waals surface area contributed by atoms with Gasteiger partial charge in [-0.2, -0.15) is 0 Å². The van der Waals surface area contributed by atoms with Crippen molar-refractivity contribution in [2.75, 3.05) is 0 Å². The first-order valence-corrected chi connectivity index (χ1v) is 5.88. The molecule has 3 atom stereocenters. The summed E-state index contributed by atoms with van der Waals surface area (Å²) in [6.07, 6.45) is 1.22. The van der Waals surface area contributed by atoms with Crippen LogP contribution in [0.3, 0.4) is 0 Å². The highest BCUT2D eigenvalue weighted by Crippen LogP contribution is 2.50. The van der Waals surface area contributed by atoms with E-state index >= 15 is 0 Å². The molecule has 0 bridgehead atoms. The fourth-order valence-electron chi connectivity index (χ4n) is 1.69. The summed E-state index contributed by atoms with van der Waals surface area (Å²) < 4.78 is 0. The lowest BCUT2D eigenvalue weighted by molar-refractivity contribution is 0.722. The van der Waals surface area contributed by atoms with Gasteiger partial charge in [-0.05, 0) is 36.0 Å². The lowest BCUT2D eigenvalue weighted by atomic mass is 10.1. The third kappa shape index (κ3) is 2.03. The number of alkyl halides is 1. The predicted molar refractivity (Wildman–Crippen MR) is 62.3 cm³/mol. The number of hydrogen-bond donors (Lipinski definition) is 0. The molecule has 1 fully saturated rings. The van der Waals surface area contributed by atoms with Crippen LogP contribution in [0.4, 0.5) is 0 Å². The average molecular weight is 250 g/mol. The van der Waals surface area contributed by atoms with Crippen molar-refractivity contribution in [1.82, 2.24) is 0 Å². The average Bonchev–Trinajstić information content (AvgIpc) is 2.86. The minimum absolute atomic E-state index is 0.0831. The van der Waals surface area contributed by atoms with Gasteiger partial charge in [-0.25, -0.2) is 0 Å². The van der Waals surface area contributed by atoms with Crippen molar-refractivity contribution >= 4 is 34.8 Å². The second kappa shape index (κ2) is 3.92. The van der Waals surface area contributed by atoms with Crippen molar-refractivity contribution in [2.45, 2.75) is 18.7 Å². The fourth-order valence-corrected chi connectivity index (χ4v) is 2.48. The van der Waals surface area contributed by atoms with E-state index in [1.807, 2.05) is 18.2 Å². The Hall–Kier alpha value is 0.0900. The summed E-state index contributed by atoms with van der Waals surface area (Å²) in [5.41, 5.74) is 1.08. The van der Waals surface area contributed by atoms with Crippen molar-refractivity contribution in [3.05, 3.63) is 33.8 Å². The van der Waals surface area contributed by atoms with Crippen LogP contribution in [0.15, 0.2) is 18.2 Å². The van der Waals surface area contributed by atoms with E-state index in [2.05, 4.69) is 6.92 Å². The lowest BCUT2D eigenvalue weighted by Crippen LogP contribution is -1.94. The maximum Gasteiger partial charge on any atom is 0.0616 e. The summed E-state index contributed by atoms with van der Waals surface area (Å²) in [7, 11) is 0. The molecule has 0 saturated heterocycles. The SMILES string of the molecule is CC1CC1C(Cl)c1ccc(Cl)c(Cl)c1. The third-order valence-electron chi connectivity index (χ3n) is 2.81. The van der Waals surface area contributed by atoms with Gasteiger partial charge in [-0.15, -0.1) is 11.6 Å². The Morgan fingerprint density at radius 2 is 1.93 bits per heavy atom. The van der Waals surface area contributed by atoms with E-state index in [9.17, 15) is 0 Å². The largest absolute Gasteiger partial charge is 0.118 e. The molecule has 0 aliphatic heterocycles. The minimum Gasteiger partial charge on any atom is -0.118 e. The highest BCUT2D eigenvalue weighted by molar-refractivity contribution is 6.42. The molecule has 1 saturated carbocycles. The molecule has 3 unspecified atom stereocenters. The quantitative estimate of drug-likeness (QED) is 0.652. The van der Waals surface area contributed by atoms with E-state index < -0.39 is 0 Å². The maximum atomic E-state index is 6.32. The molecular formula is C11H11Cl3. The van der Waals surface area contributed by atoms with Crippen molar-refractivity contribution in [3.63, 3.8) is 0 Å². The van der Waals surface area contributed by atoms with Crippen LogP contribution in [-0.4, -0.2) is 0 Å². The molecule has 0 spiro atoms. The molecule has 1 aromatic rings. The fraction of sp³-hybridized carbons (Fsp3) is 0.455. The zero-order valence-corrected chi connectivity index (χ0v) is 10.1. The van der Waals surface area contributed by atoms with Crippen LogP contribution in [0.1, 0.15) is 24.3 Å². The van der Waals surface area contributed by atoms with Crippen molar-refractivity contribution in [3.8, 4) is 0 Å². The van der Waals surface area contributed by atoms with Crippen molar-refractivity contribution < 1.29 is 0 Å². The zero-order valence-electron chi connectivity index (χ0n) is 7.81.